The van der Waals surface area contributed by atoms with Crippen LogP contribution in [-0.4, -0.2) is 55.6 Å². The summed E-state index contributed by atoms with van der Waals surface area (Å²) in [6.07, 6.45) is -4.09. The first kappa shape index (κ1) is 31.0. The standard InChI is InChI=1S/C36H40O7/c1-38-36-35(42-26-30-20-12-5-13-21-30)34(41-25-29-18-10-4-11-19-29)33(40-24-28-16-8-3-9-17-28)32(43-36)31(22-37)39-23-27-14-6-2-7-15-27/h2-21,31-37H,22-26H2,1H3/t31-,32+,33+,34-,35-,36+/m0/s1. The number of hydrogen-bond acceptors (Lipinski definition) is 7. The van der Waals surface area contributed by atoms with E-state index in [1.165, 1.54) is 0 Å². The second-order valence-corrected chi connectivity index (χ2v) is 10.5. The quantitative estimate of drug-likeness (QED) is 0.192. The Kier molecular flexibility index (Phi) is 11.9. The van der Waals surface area contributed by atoms with Crippen molar-refractivity contribution in [1.29, 1.82) is 0 Å². The number of benzene rings is 4. The average molecular weight is 585 g/mol. The minimum Gasteiger partial charge on any atom is -0.394 e. The van der Waals surface area contributed by atoms with E-state index < -0.39 is 36.8 Å². The molecule has 5 rings (SSSR count). The highest BCUT2D eigenvalue weighted by Gasteiger charge is 2.51. The Morgan fingerprint density at radius 1 is 0.558 bits per heavy atom. The molecule has 226 valence electrons. The maximum Gasteiger partial charge on any atom is 0.186 e. The van der Waals surface area contributed by atoms with Crippen LogP contribution in [-0.2, 0) is 54.8 Å². The van der Waals surface area contributed by atoms with E-state index in [1.807, 2.05) is 121 Å². The second kappa shape index (κ2) is 16.4. The molecule has 1 fully saturated rings. The highest BCUT2D eigenvalue weighted by molar-refractivity contribution is 5.16. The van der Waals surface area contributed by atoms with Crippen molar-refractivity contribution in [2.45, 2.75) is 63.2 Å². The molecule has 1 saturated heterocycles. The number of aliphatic hydroxyl groups excluding tert-OH is 1. The lowest BCUT2D eigenvalue weighted by atomic mass is 9.94. The van der Waals surface area contributed by atoms with Crippen molar-refractivity contribution in [3.05, 3.63) is 144 Å². The topological polar surface area (TPSA) is 75.6 Å². The molecule has 0 aromatic heterocycles. The van der Waals surface area contributed by atoms with E-state index in [4.69, 9.17) is 28.4 Å². The lowest BCUT2D eigenvalue weighted by Gasteiger charge is -2.47. The zero-order valence-electron chi connectivity index (χ0n) is 24.4. The summed E-state index contributed by atoms with van der Waals surface area (Å²) in [5, 5.41) is 10.6. The van der Waals surface area contributed by atoms with Gasteiger partial charge < -0.3 is 33.5 Å². The highest BCUT2D eigenvalue weighted by atomic mass is 16.7. The van der Waals surface area contributed by atoms with Crippen molar-refractivity contribution >= 4 is 0 Å². The summed E-state index contributed by atoms with van der Waals surface area (Å²) in [6, 6.07) is 39.7. The predicted molar refractivity (Wildman–Crippen MR) is 163 cm³/mol. The first-order chi connectivity index (χ1) is 21.2. The maximum atomic E-state index is 10.6. The van der Waals surface area contributed by atoms with Gasteiger partial charge in [-0.25, -0.2) is 0 Å². The Hall–Kier alpha value is -3.40. The van der Waals surface area contributed by atoms with E-state index >= 15 is 0 Å². The van der Waals surface area contributed by atoms with Crippen LogP contribution in [0.3, 0.4) is 0 Å². The van der Waals surface area contributed by atoms with E-state index in [0.29, 0.717) is 26.4 Å². The molecule has 0 spiro atoms. The van der Waals surface area contributed by atoms with Gasteiger partial charge in [0.2, 0.25) is 0 Å². The van der Waals surface area contributed by atoms with Gasteiger partial charge in [-0.1, -0.05) is 121 Å². The minimum absolute atomic E-state index is 0.278. The number of methoxy groups -OCH3 is 1. The van der Waals surface area contributed by atoms with Crippen LogP contribution in [0.4, 0.5) is 0 Å². The lowest BCUT2D eigenvalue weighted by molar-refractivity contribution is -0.333. The molecule has 4 aromatic carbocycles. The molecule has 0 unspecified atom stereocenters. The fourth-order valence-electron chi connectivity index (χ4n) is 5.21. The highest BCUT2D eigenvalue weighted by Crippen LogP contribution is 2.33. The lowest BCUT2D eigenvalue weighted by Crippen LogP contribution is -2.64. The normalized spacial score (nSPS) is 22.7. The fourth-order valence-corrected chi connectivity index (χ4v) is 5.21. The summed E-state index contributed by atoms with van der Waals surface area (Å²) in [6.45, 7) is 1.01. The van der Waals surface area contributed by atoms with Crippen LogP contribution >= 0.6 is 0 Å². The Balaban J connectivity index is 1.44. The summed E-state index contributed by atoms with van der Waals surface area (Å²) >= 11 is 0. The van der Waals surface area contributed by atoms with Gasteiger partial charge in [0.15, 0.2) is 6.29 Å². The number of aliphatic hydroxyl groups is 1. The SMILES string of the molecule is CO[C@@H]1O[C@H]([C@H](CO)OCc2ccccc2)[C@@H](OCc2ccccc2)[C@H](OCc2ccccc2)[C@@H]1OCc1ccccc1. The van der Waals surface area contributed by atoms with Crippen molar-refractivity contribution in [3.8, 4) is 0 Å². The average Bonchev–Trinajstić information content (AvgIpc) is 3.07. The third-order valence-electron chi connectivity index (χ3n) is 7.47. The van der Waals surface area contributed by atoms with Crippen molar-refractivity contribution in [2.24, 2.45) is 0 Å². The third-order valence-corrected chi connectivity index (χ3v) is 7.47. The third kappa shape index (κ3) is 8.81. The monoisotopic (exact) mass is 584 g/mol. The van der Waals surface area contributed by atoms with E-state index in [-0.39, 0.29) is 6.61 Å². The molecule has 0 saturated carbocycles. The first-order valence-corrected chi connectivity index (χ1v) is 14.7. The zero-order chi connectivity index (χ0) is 29.7. The van der Waals surface area contributed by atoms with E-state index in [2.05, 4.69) is 0 Å². The van der Waals surface area contributed by atoms with Gasteiger partial charge in [0.05, 0.1) is 33.0 Å². The molecule has 4 aromatic rings. The first-order valence-electron chi connectivity index (χ1n) is 14.7. The molecule has 0 bridgehead atoms. The summed E-state index contributed by atoms with van der Waals surface area (Å²) in [5.74, 6) is 0. The van der Waals surface area contributed by atoms with E-state index in [0.717, 1.165) is 22.3 Å². The summed E-state index contributed by atoms with van der Waals surface area (Å²) in [5.41, 5.74) is 4.02. The molecule has 1 N–H and O–H groups in total. The second-order valence-electron chi connectivity index (χ2n) is 10.5. The molecule has 7 nitrogen and oxygen atoms in total. The molecule has 1 heterocycles. The van der Waals surface area contributed by atoms with Gasteiger partial charge in [-0.05, 0) is 22.3 Å². The molecule has 7 heteroatoms. The Morgan fingerprint density at radius 3 is 1.37 bits per heavy atom. The van der Waals surface area contributed by atoms with Crippen LogP contribution in [0.2, 0.25) is 0 Å². The van der Waals surface area contributed by atoms with Gasteiger partial charge in [-0.3, -0.25) is 0 Å². The van der Waals surface area contributed by atoms with Gasteiger partial charge in [-0.2, -0.15) is 0 Å². The van der Waals surface area contributed by atoms with Crippen molar-refractivity contribution in [1.82, 2.24) is 0 Å². The van der Waals surface area contributed by atoms with Gasteiger partial charge in [0.1, 0.15) is 30.5 Å². The molecule has 0 amide bonds. The smallest absolute Gasteiger partial charge is 0.186 e. The Labute approximate surface area is 253 Å². The van der Waals surface area contributed by atoms with Gasteiger partial charge >= 0.3 is 0 Å². The van der Waals surface area contributed by atoms with Crippen molar-refractivity contribution in [3.63, 3.8) is 0 Å². The van der Waals surface area contributed by atoms with Crippen molar-refractivity contribution < 1.29 is 33.5 Å². The van der Waals surface area contributed by atoms with Crippen LogP contribution in [0.5, 0.6) is 0 Å². The zero-order valence-corrected chi connectivity index (χ0v) is 24.4. The van der Waals surface area contributed by atoms with Crippen LogP contribution in [0.1, 0.15) is 22.3 Å². The minimum atomic E-state index is -0.791. The van der Waals surface area contributed by atoms with Crippen molar-refractivity contribution in [2.75, 3.05) is 13.7 Å². The molecule has 6 atom stereocenters. The largest absolute Gasteiger partial charge is 0.394 e. The number of hydrogen-bond donors (Lipinski definition) is 1. The van der Waals surface area contributed by atoms with Gasteiger partial charge in [0, 0.05) is 7.11 Å². The Bertz CT molecular complexity index is 1310. The number of ether oxygens (including phenoxy) is 6. The van der Waals surface area contributed by atoms with Crippen LogP contribution in [0.25, 0.3) is 0 Å². The van der Waals surface area contributed by atoms with Crippen LogP contribution < -0.4 is 0 Å². The van der Waals surface area contributed by atoms with E-state index in [1.54, 1.807) is 7.11 Å². The molecule has 1 aliphatic rings. The fraction of sp³-hybridized carbons (Fsp3) is 0.333. The molecular weight excluding hydrogens is 544 g/mol. The van der Waals surface area contributed by atoms with Crippen LogP contribution in [0, 0.1) is 0 Å². The molecular formula is C36H40O7. The number of rotatable bonds is 15. The molecule has 1 aliphatic heterocycles. The summed E-state index contributed by atoms with van der Waals surface area (Å²) in [7, 11) is 1.58. The Morgan fingerprint density at radius 2 is 0.953 bits per heavy atom. The summed E-state index contributed by atoms with van der Waals surface area (Å²) < 4.78 is 38.4. The maximum absolute atomic E-state index is 10.6. The molecule has 43 heavy (non-hydrogen) atoms. The van der Waals surface area contributed by atoms with E-state index in [9.17, 15) is 5.11 Å². The van der Waals surface area contributed by atoms with Gasteiger partial charge in [-0.15, -0.1) is 0 Å². The van der Waals surface area contributed by atoms with Gasteiger partial charge in [0.25, 0.3) is 0 Å². The van der Waals surface area contributed by atoms with Crippen LogP contribution in [0.15, 0.2) is 121 Å². The summed E-state index contributed by atoms with van der Waals surface area (Å²) in [4.78, 5) is 0. The predicted octanol–water partition coefficient (Wildman–Crippen LogP) is 5.69. The molecule has 0 radical (unpaired) electrons. The molecule has 0 aliphatic carbocycles.